The number of rotatable bonds is 6. The monoisotopic (exact) mass is 630 g/mol. The number of ether oxygens (including phenoxy) is 3. The molecule has 4 atom stereocenters. The van der Waals surface area contributed by atoms with E-state index in [1.54, 1.807) is 11.0 Å². The summed E-state index contributed by atoms with van der Waals surface area (Å²) in [5.74, 6) is -1.36. The SMILES string of the molecule is CC1(C)[C@@]2(C(=O)O[C@H]3CCN(C(=O)OCc4ccccc4)C[C@@H]3c3c(C4CCCCC4)[nH]c4cc(F)ccc34)CC[C@]1(C)C(=O)O2. The third-order valence-electron chi connectivity index (χ3n) is 11.9. The fourth-order valence-electron chi connectivity index (χ4n) is 8.59. The fraction of sp³-hybridized carbons (Fsp3) is 0.541. The predicted octanol–water partition coefficient (Wildman–Crippen LogP) is 7.51. The molecule has 2 bridgehead atoms. The molecule has 3 aromatic rings. The first-order valence-corrected chi connectivity index (χ1v) is 16.8. The third kappa shape index (κ3) is 4.80. The number of hydrogen-bond donors (Lipinski definition) is 1. The molecular formula is C37H43FN2O6. The highest BCUT2D eigenvalue weighted by molar-refractivity contribution is 5.94. The highest BCUT2D eigenvalue weighted by Gasteiger charge is 2.76. The second-order valence-electron chi connectivity index (χ2n) is 14.5. The van der Waals surface area contributed by atoms with Crippen LogP contribution in [0.25, 0.3) is 10.9 Å². The quantitative estimate of drug-likeness (QED) is 0.224. The molecule has 4 aliphatic rings. The van der Waals surface area contributed by atoms with Crippen molar-refractivity contribution in [1.29, 1.82) is 0 Å². The molecule has 1 amide bonds. The number of esters is 2. The third-order valence-corrected chi connectivity index (χ3v) is 11.9. The number of benzene rings is 2. The summed E-state index contributed by atoms with van der Waals surface area (Å²) in [5.41, 5.74) is 0.738. The lowest BCUT2D eigenvalue weighted by Crippen LogP contribution is -2.52. The van der Waals surface area contributed by atoms with Gasteiger partial charge in [0.15, 0.2) is 0 Å². The maximum absolute atomic E-state index is 14.5. The molecule has 2 aliphatic heterocycles. The van der Waals surface area contributed by atoms with Crippen LogP contribution >= 0.6 is 0 Å². The number of carbonyl (C=O) groups excluding carboxylic acids is 3. The van der Waals surface area contributed by atoms with Crippen molar-refractivity contribution < 1.29 is 33.0 Å². The van der Waals surface area contributed by atoms with E-state index in [0.717, 1.165) is 47.9 Å². The van der Waals surface area contributed by atoms with Crippen molar-refractivity contribution in [2.45, 2.75) is 102 Å². The lowest BCUT2D eigenvalue weighted by molar-refractivity contribution is -0.189. The van der Waals surface area contributed by atoms with E-state index in [4.69, 9.17) is 14.2 Å². The molecule has 0 unspecified atom stereocenters. The zero-order valence-corrected chi connectivity index (χ0v) is 26.9. The molecule has 244 valence electrons. The molecule has 0 radical (unpaired) electrons. The van der Waals surface area contributed by atoms with E-state index in [-0.39, 0.29) is 30.9 Å². The summed E-state index contributed by atoms with van der Waals surface area (Å²) >= 11 is 0. The smallest absolute Gasteiger partial charge is 0.410 e. The Morgan fingerprint density at radius 3 is 2.48 bits per heavy atom. The Morgan fingerprint density at radius 2 is 1.78 bits per heavy atom. The standard InChI is InChI=1S/C37H43FN2O6/c1-35(2)36(3)17-18-37(35,46-32(36)41)33(42)45-29-16-19-40(34(43)44-22-23-10-6-4-7-11-23)21-27(29)30-26-15-14-25(38)20-28(26)39-31(30)24-12-8-5-9-13-24/h4,6-7,10-11,14-15,20,24,27,29,39H,5,8-9,12-13,16-19,21-22H2,1-3H3/t27-,29-,36+,37-/m0/s1. The minimum absolute atomic E-state index is 0.153. The van der Waals surface area contributed by atoms with E-state index >= 15 is 0 Å². The highest BCUT2D eigenvalue weighted by Crippen LogP contribution is 2.66. The Labute approximate surface area is 269 Å². The molecule has 46 heavy (non-hydrogen) atoms. The van der Waals surface area contributed by atoms with Crippen molar-refractivity contribution in [3.63, 3.8) is 0 Å². The molecule has 7 rings (SSSR count). The number of amides is 1. The molecule has 3 heterocycles. The van der Waals surface area contributed by atoms with Crippen molar-refractivity contribution in [3.05, 3.63) is 71.2 Å². The number of H-pyrrole nitrogens is 1. The van der Waals surface area contributed by atoms with Crippen LogP contribution in [0.1, 0.15) is 101 Å². The van der Waals surface area contributed by atoms with Crippen LogP contribution in [0.15, 0.2) is 48.5 Å². The van der Waals surface area contributed by atoms with Crippen molar-refractivity contribution in [1.82, 2.24) is 9.88 Å². The van der Waals surface area contributed by atoms with Gasteiger partial charge in [0.05, 0.1) is 5.41 Å². The van der Waals surface area contributed by atoms with Gasteiger partial charge in [0.2, 0.25) is 5.60 Å². The number of piperidine rings is 1. The van der Waals surface area contributed by atoms with Gasteiger partial charge in [-0.3, -0.25) is 4.79 Å². The first kappa shape index (κ1) is 30.8. The van der Waals surface area contributed by atoms with Crippen molar-refractivity contribution in [3.8, 4) is 0 Å². The normalized spacial score (nSPS) is 29.1. The number of hydrogen-bond acceptors (Lipinski definition) is 6. The molecule has 1 aromatic heterocycles. The number of nitrogens with one attached hydrogen (secondary N) is 1. The summed E-state index contributed by atoms with van der Waals surface area (Å²) in [5, 5.41) is 0.867. The van der Waals surface area contributed by atoms with Gasteiger partial charge >= 0.3 is 18.0 Å². The van der Waals surface area contributed by atoms with Gasteiger partial charge in [0.1, 0.15) is 18.5 Å². The van der Waals surface area contributed by atoms with Gasteiger partial charge in [-0.15, -0.1) is 0 Å². The van der Waals surface area contributed by atoms with Gasteiger partial charge in [-0.25, -0.2) is 14.0 Å². The van der Waals surface area contributed by atoms with Gasteiger partial charge in [-0.05, 0) is 67.9 Å². The van der Waals surface area contributed by atoms with Crippen molar-refractivity contribution in [2.24, 2.45) is 10.8 Å². The van der Waals surface area contributed by atoms with Gasteiger partial charge < -0.3 is 24.1 Å². The molecule has 2 saturated heterocycles. The molecule has 9 heteroatoms. The van der Waals surface area contributed by atoms with Crippen LogP contribution in [0.5, 0.6) is 0 Å². The lowest BCUT2D eigenvalue weighted by atomic mass is 9.66. The summed E-state index contributed by atoms with van der Waals surface area (Å²) in [6.45, 7) is 6.48. The Kier molecular flexibility index (Phi) is 7.64. The van der Waals surface area contributed by atoms with E-state index in [2.05, 4.69) is 4.98 Å². The maximum Gasteiger partial charge on any atom is 0.410 e. The Bertz CT molecular complexity index is 1660. The average Bonchev–Trinajstić information content (AvgIpc) is 3.58. The van der Waals surface area contributed by atoms with E-state index in [0.29, 0.717) is 31.3 Å². The van der Waals surface area contributed by atoms with Gasteiger partial charge in [0.25, 0.3) is 0 Å². The molecular weight excluding hydrogens is 587 g/mol. The topological polar surface area (TPSA) is 97.9 Å². The largest absolute Gasteiger partial charge is 0.459 e. The second-order valence-corrected chi connectivity index (χ2v) is 14.5. The summed E-state index contributed by atoms with van der Waals surface area (Å²) in [7, 11) is 0. The first-order valence-electron chi connectivity index (χ1n) is 16.8. The van der Waals surface area contributed by atoms with Crippen LogP contribution < -0.4 is 0 Å². The fourth-order valence-corrected chi connectivity index (χ4v) is 8.59. The van der Waals surface area contributed by atoms with Crippen LogP contribution in [0, 0.1) is 16.6 Å². The molecule has 2 aromatic carbocycles. The van der Waals surface area contributed by atoms with Gasteiger partial charge in [-0.1, -0.05) is 63.4 Å². The van der Waals surface area contributed by atoms with E-state index in [9.17, 15) is 18.8 Å². The zero-order chi connectivity index (χ0) is 32.3. The minimum Gasteiger partial charge on any atom is -0.459 e. The lowest BCUT2D eigenvalue weighted by Gasteiger charge is -2.41. The van der Waals surface area contributed by atoms with Gasteiger partial charge in [0, 0.05) is 47.4 Å². The zero-order valence-electron chi connectivity index (χ0n) is 26.9. The maximum atomic E-state index is 14.5. The molecule has 2 aliphatic carbocycles. The molecule has 8 nitrogen and oxygen atoms in total. The summed E-state index contributed by atoms with van der Waals surface area (Å²) in [4.78, 5) is 45.9. The van der Waals surface area contributed by atoms with Crippen molar-refractivity contribution >= 4 is 28.9 Å². The second kappa shape index (κ2) is 11.4. The summed E-state index contributed by atoms with van der Waals surface area (Å²) in [6.07, 6.45) is 5.75. The Hall–Kier alpha value is -3.88. The molecule has 0 spiro atoms. The first-order chi connectivity index (χ1) is 22.0. The number of aromatic nitrogens is 1. The highest BCUT2D eigenvalue weighted by atomic mass is 19.1. The van der Waals surface area contributed by atoms with Crippen LogP contribution in [0.4, 0.5) is 9.18 Å². The minimum atomic E-state index is -1.36. The number of likely N-dealkylation sites (tertiary alicyclic amines) is 1. The van der Waals surface area contributed by atoms with Crippen molar-refractivity contribution in [2.75, 3.05) is 13.1 Å². The Morgan fingerprint density at radius 1 is 1.02 bits per heavy atom. The Balaban J connectivity index is 1.24. The number of halogens is 1. The summed E-state index contributed by atoms with van der Waals surface area (Å²) in [6, 6.07) is 14.3. The number of carbonyl (C=O) groups is 3. The molecule has 2 saturated carbocycles. The van der Waals surface area contributed by atoms with Gasteiger partial charge in [-0.2, -0.15) is 0 Å². The van der Waals surface area contributed by atoms with E-state index < -0.39 is 40.5 Å². The summed E-state index contributed by atoms with van der Waals surface area (Å²) < 4.78 is 32.6. The average molecular weight is 631 g/mol. The number of aromatic amines is 1. The molecule has 1 N–H and O–H groups in total. The predicted molar refractivity (Wildman–Crippen MR) is 169 cm³/mol. The van der Waals surface area contributed by atoms with Crippen LogP contribution in [-0.4, -0.2) is 52.7 Å². The van der Waals surface area contributed by atoms with E-state index in [1.165, 1.54) is 18.6 Å². The number of fused-ring (bicyclic) bond motifs is 3. The van der Waals surface area contributed by atoms with Crippen LogP contribution in [0.3, 0.4) is 0 Å². The van der Waals surface area contributed by atoms with Crippen LogP contribution in [0.2, 0.25) is 0 Å². The molecule has 4 fully saturated rings. The van der Waals surface area contributed by atoms with Crippen LogP contribution in [-0.2, 0) is 30.4 Å². The van der Waals surface area contributed by atoms with E-state index in [1.807, 2.05) is 51.1 Å². The number of nitrogens with zero attached hydrogens (tertiary/aromatic N) is 1.